The number of anilines is 1. The lowest BCUT2D eigenvalue weighted by molar-refractivity contribution is -0.0910. The number of aryl methyl sites for hydroxylation is 2. The molecule has 0 amide bonds. The highest BCUT2D eigenvalue weighted by molar-refractivity contribution is 14.1. The van der Waals surface area contributed by atoms with Gasteiger partial charge in [-0.05, 0) is 114 Å². The van der Waals surface area contributed by atoms with Crippen molar-refractivity contribution in [3.63, 3.8) is 0 Å². The number of halogens is 2. The third-order valence-electron chi connectivity index (χ3n) is 4.48. The van der Waals surface area contributed by atoms with E-state index in [1.807, 2.05) is 32.9 Å². The molecule has 3 rings (SSSR count). The SMILES string of the molecule is Cc1cc(Oc2cc(I)cc(I)c2)c(C)cc1NC=NC1(C)CNCC(C)O1. The summed E-state index contributed by atoms with van der Waals surface area (Å²) in [5, 5.41) is 6.64. The van der Waals surface area contributed by atoms with Gasteiger partial charge >= 0.3 is 0 Å². The topological polar surface area (TPSA) is 54.9 Å². The van der Waals surface area contributed by atoms with Crippen LogP contribution < -0.4 is 15.4 Å². The van der Waals surface area contributed by atoms with Crippen LogP contribution in [0.2, 0.25) is 0 Å². The van der Waals surface area contributed by atoms with E-state index in [-0.39, 0.29) is 6.10 Å². The Kier molecular flexibility index (Phi) is 7.21. The van der Waals surface area contributed by atoms with E-state index in [1.54, 1.807) is 6.34 Å². The molecule has 2 aromatic rings. The Morgan fingerprint density at radius 3 is 2.57 bits per heavy atom. The minimum Gasteiger partial charge on any atom is -0.457 e. The van der Waals surface area contributed by atoms with E-state index in [2.05, 4.69) is 85.9 Å². The van der Waals surface area contributed by atoms with Crippen LogP contribution in [-0.2, 0) is 4.74 Å². The van der Waals surface area contributed by atoms with Gasteiger partial charge in [0.05, 0.1) is 12.4 Å². The zero-order chi connectivity index (χ0) is 20.3. The van der Waals surface area contributed by atoms with Gasteiger partial charge in [0.25, 0.3) is 0 Å². The van der Waals surface area contributed by atoms with Crippen LogP contribution in [0.15, 0.2) is 35.3 Å². The Bertz CT molecular complexity index is 868. The summed E-state index contributed by atoms with van der Waals surface area (Å²) >= 11 is 4.61. The minimum absolute atomic E-state index is 0.153. The quantitative estimate of drug-likeness (QED) is 0.270. The van der Waals surface area contributed by atoms with Gasteiger partial charge in [0.1, 0.15) is 11.5 Å². The van der Waals surface area contributed by atoms with Gasteiger partial charge in [0.2, 0.25) is 0 Å². The van der Waals surface area contributed by atoms with Crippen LogP contribution in [-0.4, -0.2) is 31.3 Å². The van der Waals surface area contributed by atoms with Crippen molar-refractivity contribution in [2.45, 2.75) is 39.5 Å². The van der Waals surface area contributed by atoms with Crippen LogP contribution in [0, 0.1) is 21.0 Å². The monoisotopic (exact) mass is 605 g/mol. The van der Waals surface area contributed by atoms with Crippen molar-refractivity contribution in [3.8, 4) is 11.5 Å². The average Bonchev–Trinajstić information content (AvgIpc) is 2.58. The predicted molar refractivity (Wildman–Crippen MR) is 132 cm³/mol. The van der Waals surface area contributed by atoms with Gasteiger partial charge < -0.3 is 20.1 Å². The molecule has 1 fully saturated rings. The molecule has 0 radical (unpaired) electrons. The number of hydrogen-bond acceptors (Lipinski definition) is 4. The van der Waals surface area contributed by atoms with Crippen molar-refractivity contribution in [2.24, 2.45) is 4.99 Å². The molecule has 0 bridgehead atoms. The molecule has 150 valence electrons. The number of nitrogens with one attached hydrogen (secondary N) is 2. The molecule has 0 saturated carbocycles. The number of aliphatic imine (C=N–C) groups is 1. The number of nitrogens with zero attached hydrogens (tertiary/aromatic N) is 1. The molecule has 1 heterocycles. The molecular formula is C21H25I2N3O2. The van der Waals surface area contributed by atoms with Gasteiger partial charge in [-0.15, -0.1) is 0 Å². The summed E-state index contributed by atoms with van der Waals surface area (Å²) in [5.74, 6) is 1.71. The molecule has 28 heavy (non-hydrogen) atoms. The fraction of sp³-hybridized carbons (Fsp3) is 0.381. The van der Waals surface area contributed by atoms with Crippen molar-refractivity contribution in [2.75, 3.05) is 18.4 Å². The van der Waals surface area contributed by atoms with E-state index < -0.39 is 5.72 Å². The summed E-state index contributed by atoms with van der Waals surface area (Å²) in [6.07, 6.45) is 1.88. The Balaban J connectivity index is 1.72. The molecule has 2 aromatic carbocycles. The fourth-order valence-corrected chi connectivity index (χ4v) is 4.99. The van der Waals surface area contributed by atoms with Crippen LogP contribution >= 0.6 is 45.2 Å². The molecule has 0 spiro atoms. The first-order valence-corrected chi connectivity index (χ1v) is 11.3. The molecule has 1 aliphatic heterocycles. The Morgan fingerprint density at radius 2 is 1.89 bits per heavy atom. The standard InChI is InChI=1S/C21H25I2N3O2/c1-13-6-20(27-18-8-16(22)7-17(23)9-18)14(2)5-19(13)25-12-26-21(4)11-24-10-15(3)28-21/h5-9,12,15,24H,10-11H2,1-4H3,(H,25,26). The van der Waals surface area contributed by atoms with Crippen LogP contribution in [0.3, 0.4) is 0 Å². The maximum Gasteiger partial charge on any atom is 0.170 e. The average molecular weight is 605 g/mol. The van der Waals surface area contributed by atoms with Gasteiger partial charge in [-0.1, -0.05) is 0 Å². The second-order valence-corrected chi connectivity index (χ2v) is 9.77. The summed E-state index contributed by atoms with van der Waals surface area (Å²) in [6.45, 7) is 9.71. The normalized spacial score (nSPS) is 22.4. The summed E-state index contributed by atoms with van der Waals surface area (Å²) < 4.78 is 14.4. The maximum atomic E-state index is 6.13. The zero-order valence-corrected chi connectivity index (χ0v) is 20.8. The van der Waals surface area contributed by atoms with Gasteiger partial charge in [-0.25, -0.2) is 4.99 Å². The highest BCUT2D eigenvalue weighted by Gasteiger charge is 2.29. The van der Waals surface area contributed by atoms with E-state index in [9.17, 15) is 0 Å². The van der Waals surface area contributed by atoms with E-state index in [1.165, 1.54) is 0 Å². The number of rotatable bonds is 5. The second kappa shape index (κ2) is 9.27. The summed E-state index contributed by atoms with van der Waals surface area (Å²) in [5.41, 5.74) is 2.61. The van der Waals surface area contributed by atoms with Crippen LogP contribution in [0.5, 0.6) is 11.5 Å². The van der Waals surface area contributed by atoms with E-state index in [4.69, 9.17) is 9.47 Å². The van der Waals surface area contributed by atoms with Crippen molar-refractivity contribution in [1.29, 1.82) is 0 Å². The zero-order valence-electron chi connectivity index (χ0n) is 16.5. The lowest BCUT2D eigenvalue weighted by atomic mass is 10.1. The molecule has 2 N–H and O–H groups in total. The summed E-state index contributed by atoms with van der Waals surface area (Å²) in [4.78, 5) is 4.59. The summed E-state index contributed by atoms with van der Waals surface area (Å²) in [7, 11) is 0. The van der Waals surface area contributed by atoms with E-state index in [0.717, 1.165) is 42.0 Å². The van der Waals surface area contributed by atoms with Gasteiger partial charge in [-0.2, -0.15) is 0 Å². The Labute approximate surface area is 194 Å². The van der Waals surface area contributed by atoms with Gasteiger partial charge in [-0.3, -0.25) is 0 Å². The van der Waals surface area contributed by atoms with Gasteiger partial charge in [0, 0.05) is 25.9 Å². The van der Waals surface area contributed by atoms with Crippen LogP contribution in [0.4, 0.5) is 5.69 Å². The third kappa shape index (κ3) is 5.80. The van der Waals surface area contributed by atoms with Crippen LogP contribution in [0.1, 0.15) is 25.0 Å². The number of ether oxygens (including phenoxy) is 2. The highest BCUT2D eigenvalue weighted by Crippen LogP contribution is 2.31. The molecule has 7 heteroatoms. The first kappa shape index (κ1) is 21.8. The molecule has 2 atom stereocenters. The van der Waals surface area contributed by atoms with E-state index in [0.29, 0.717) is 6.54 Å². The first-order valence-electron chi connectivity index (χ1n) is 9.18. The van der Waals surface area contributed by atoms with E-state index >= 15 is 0 Å². The lowest BCUT2D eigenvalue weighted by Crippen LogP contribution is -2.50. The predicted octanol–water partition coefficient (Wildman–Crippen LogP) is 5.47. The van der Waals surface area contributed by atoms with Gasteiger partial charge in [0.15, 0.2) is 5.72 Å². The Morgan fingerprint density at radius 1 is 1.18 bits per heavy atom. The molecule has 2 unspecified atom stereocenters. The Hall–Kier alpha value is -0.910. The third-order valence-corrected chi connectivity index (χ3v) is 5.73. The summed E-state index contributed by atoms with van der Waals surface area (Å²) in [6, 6.07) is 10.3. The number of morpholine rings is 1. The number of hydrogen-bond donors (Lipinski definition) is 2. The molecule has 0 aromatic heterocycles. The highest BCUT2D eigenvalue weighted by atomic mass is 127. The molecule has 1 aliphatic rings. The molecule has 1 saturated heterocycles. The van der Waals surface area contributed by atoms with Crippen molar-refractivity contribution in [3.05, 3.63) is 48.6 Å². The van der Waals surface area contributed by atoms with Crippen molar-refractivity contribution in [1.82, 2.24) is 5.32 Å². The largest absolute Gasteiger partial charge is 0.457 e. The molecule has 5 nitrogen and oxygen atoms in total. The molecule has 0 aliphatic carbocycles. The maximum absolute atomic E-state index is 6.13. The smallest absolute Gasteiger partial charge is 0.170 e. The lowest BCUT2D eigenvalue weighted by Gasteiger charge is -2.34. The first-order chi connectivity index (χ1) is 13.2. The fourth-order valence-electron chi connectivity index (χ4n) is 3.11. The second-order valence-electron chi connectivity index (χ2n) is 7.28. The van der Waals surface area contributed by atoms with Crippen LogP contribution in [0.25, 0.3) is 0 Å². The minimum atomic E-state index is -0.543. The molecular weight excluding hydrogens is 580 g/mol. The van der Waals surface area contributed by atoms with Crippen molar-refractivity contribution >= 4 is 57.2 Å². The van der Waals surface area contributed by atoms with Crippen molar-refractivity contribution < 1.29 is 9.47 Å². The number of benzene rings is 2.